The minimum atomic E-state index is -0.518. The number of phenolic OH excluding ortho intramolecular Hbond substituents is 1. The Balaban J connectivity index is 1.54. The first kappa shape index (κ1) is 16.9. The minimum Gasteiger partial charge on any atom is -0.508 e. The van der Waals surface area contributed by atoms with Gasteiger partial charge in [0.2, 0.25) is 0 Å². The Kier molecular flexibility index (Phi) is 4.35. The zero-order valence-electron chi connectivity index (χ0n) is 13.7. The summed E-state index contributed by atoms with van der Waals surface area (Å²) in [5, 5.41) is 20.7. The van der Waals surface area contributed by atoms with Crippen LogP contribution in [0.2, 0.25) is 0 Å². The van der Waals surface area contributed by atoms with Crippen molar-refractivity contribution >= 4 is 22.9 Å². The summed E-state index contributed by atoms with van der Waals surface area (Å²) >= 11 is 1.35. The molecule has 4 rings (SSSR count). The maximum atomic E-state index is 13.9. The lowest BCUT2D eigenvalue weighted by Gasteiger charge is -2.03. The predicted octanol–water partition coefficient (Wildman–Crippen LogP) is 3.69. The highest BCUT2D eigenvalue weighted by atomic mass is 32.1. The largest absolute Gasteiger partial charge is 0.508 e. The molecule has 0 saturated heterocycles. The average molecular weight is 381 g/mol. The fraction of sp³-hybridized carbons (Fsp3) is 0. The lowest BCUT2D eigenvalue weighted by molar-refractivity contribution is 0.102. The monoisotopic (exact) mass is 381 g/mol. The third-order valence-corrected chi connectivity index (χ3v) is 4.34. The Hall–Kier alpha value is -3.59. The second kappa shape index (κ2) is 6.96. The molecule has 2 heterocycles. The topological polar surface area (TPSA) is 104 Å². The van der Waals surface area contributed by atoms with E-state index in [4.69, 9.17) is 0 Å². The number of benzene rings is 2. The smallest absolute Gasteiger partial charge is 0.275 e. The number of thiazole rings is 1. The van der Waals surface area contributed by atoms with Gasteiger partial charge < -0.3 is 10.4 Å². The van der Waals surface area contributed by atoms with Crippen LogP contribution in [0.4, 0.5) is 10.1 Å². The lowest BCUT2D eigenvalue weighted by Crippen LogP contribution is -2.11. The van der Waals surface area contributed by atoms with Crippen LogP contribution in [0.5, 0.6) is 5.75 Å². The molecule has 4 aromatic rings. The molecule has 0 aliphatic rings. The summed E-state index contributed by atoms with van der Waals surface area (Å²) < 4.78 is 13.9. The van der Waals surface area contributed by atoms with Crippen molar-refractivity contribution < 1.29 is 14.3 Å². The lowest BCUT2D eigenvalue weighted by atomic mass is 10.2. The van der Waals surface area contributed by atoms with Crippen molar-refractivity contribution in [3.05, 3.63) is 64.9 Å². The van der Waals surface area contributed by atoms with Crippen LogP contribution in [0.1, 0.15) is 10.5 Å². The summed E-state index contributed by atoms with van der Waals surface area (Å²) in [5.41, 5.74) is 3.36. The van der Waals surface area contributed by atoms with Crippen LogP contribution in [0, 0.1) is 5.82 Å². The number of nitrogens with one attached hydrogen (secondary N) is 2. The number of H-pyrrole nitrogens is 1. The molecule has 3 N–H and O–H groups in total. The first-order valence-corrected chi connectivity index (χ1v) is 8.76. The molecule has 0 spiro atoms. The van der Waals surface area contributed by atoms with Gasteiger partial charge in [0.05, 0.1) is 11.1 Å². The summed E-state index contributed by atoms with van der Waals surface area (Å²) in [4.78, 5) is 20.2. The van der Waals surface area contributed by atoms with Gasteiger partial charge in [0, 0.05) is 16.6 Å². The van der Waals surface area contributed by atoms with Gasteiger partial charge in [-0.1, -0.05) is 0 Å². The third kappa shape index (κ3) is 3.53. The number of aromatic nitrogens is 4. The van der Waals surface area contributed by atoms with E-state index in [0.29, 0.717) is 22.8 Å². The summed E-state index contributed by atoms with van der Waals surface area (Å²) in [6.45, 7) is 0. The quantitative estimate of drug-likeness (QED) is 0.500. The number of carbonyl (C=O) groups excluding carboxylic acids is 1. The molecule has 2 aromatic carbocycles. The van der Waals surface area contributed by atoms with E-state index in [1.807, 2.05) is 0 Å². The van der Waals surface area contributed by atoms with Crippen molar-refractivity contribution in [2.24, 2.45) is 0 Å². The van der Waals surface area contributed by atoms with Crippen molar-refractivity contribution in [1.29, 1.82) is 0 Å². The molecule has 0 fully saturated rings. The van der Waals surface area contributed by atoms with Crippen molar-refractivity contribution in [3.8, 4) is 28.5 Å². The van der Waals surface area contributed by atoms with Crippen molar-refractivity contribution in [1.82, 2.24) is 20.2 Å². The van der Waals surface area contributed by atoms with Crippen molar-refractivity contribution in [3.63, 3.8) is 0 Å². The normalized spacial score (nSPS) is 10.7. The van der Waals surface area contributed by atoms with Crippen LogP contribution in [-0.2, 0) is 0 Å². The van der Waals surface area contributed by atoms with E-state index in [9.17, 15) is 14.3 Å². The summed E-state index contributed by atoms with van der Waals surface area (Å²) in [6, 6.07) is 10.6. The molecule has 0 saturated carbocycles. The Morgan fingerprint density at radius 2 is 2.00 bits per heavy atom. The zero-order chi connectivity index (χ0) is 18.8. The molecule has 7 nitrogen and oxygen atoms in total. The van der Waals surface area contributed by atoms with Crippen LogP contribution in [-0.4, -0.2) is 31.2 Å². The fourth-order valence-electron chi connectivity index (χ4n) is 2.43. The fourth-order valence-corrected chi connectivity index (χ4v) is 2.96. The molecule has 134 valence electrons. The van der Waals surface area contributed by atoms with Gasteiger partial charge in [-0.05, 0) is 42.5 Å². The number of aromatic hydroxyl groups is 1. The Morgan fingerprint density at radius 3 is 2.74 bits per heavy atom. The molecular weight excluding hydrogens is 369 g/mol. The van der Waals surface area contributed by atoms with E-state index in [-0.39, 0.29) is 23.0 Å². The van der Waals surface area contributed by atoms with E-state index in [1.54, 1.807) is 35.2 Å². The van der Waals surface area contributed by atoms with Gasteiger partial charge in [0.15, 0.2) is 11.6 Å². The van der Waals surface area contributed by atoms with Gasteiger partial charge in [-0.2, -0.15) is 5.10 Å². The van der Waals surface area contributed by atoms with Gasteiger partial charge in [-0.3, -0.25) is 9.89 Å². The zero-order valence-corrected chi connectivity index (χ0v) is 14.5. The molecule has 0 aliphatic heterocycles. The number of halogens is 1. The van der Waals surface area contributed by atoms with Gasteiger partial charge >= 0.3 is 0 Å². The van der Waals surface area contributed by atoms with Crippen LogP contribution >= 0.6 is 11.3 Å². The molecule has 0 aliphatic carbocycles. The number of phenols is 1. The Morgan fingerprint density at radius 1 is 1.19 bits per heavy atom. The van der Waals surface area contributed by atoms with E-state index in [0.717, 1.165) is 6.07 Å². The number of hydrogen-bond donors (Lipinski definition) is 3. The molecule has 27 heavy (non-hydrogen) atoms. The van der Waals surface area contributed by atoms with E-state index < -0.39 is 5.82 Å². The molecule has 0 radical (unpaired) electrons. The van der Waals surface area contributed by atoms with Crippen molar-refractivity contribution in [2.75, 3.05) is 5.32 Å². The summed E-state index contributed by atoms with van der Waals surface area (Å²) in [5.74, 6) is -0.298. The number of carbonyl (C=O) groups is 1. The standard InChI is InChI=1S/C18H12FN5O2S/c19-14-6-5-12(25)7-13(14)17-22-16(23-24-17)10-1-3-11(4-2-10)21-18(26)15-8-27-9-20-15/h1-9,25H,(H,21,26)(H,22,23,24). The van der Waals surface area contributed by atoms with Crippen molar-refractivity contribution in [2.45, 2.75) is 0 Å². The SMILES string of the molecule is O=C(Nc1ccc(-c2n[nH]c(-c3cc(O)ccc3F)n2)cc1)c1cscn1. The predicted molar refractivity (Wildman–Crippen MR) is 98.9 cm³/mol. The minimum absolute atomic E-state index is 0.0652. The van der Waals surface area contributed by atoms with E-state index in [1.165, 1.54) is 23.5 Å². The van der Waals surface area contributed by atoms with Crippen LogP contribution in [0.15, 0.2) is 53.4 Å². The van der Waals surface area contributed by atoms with E-state index >= 15 is 0 Å². The van der Waals surface area contributed by atoms with Gasteiger partial charge in [-0.15, -0.1) is 11.3 Å². The second-order valence-electron chi connectivity index (χ2n) is 5.58. The first-order valence-electron chi connectivity index (χ1n) is 7.81. The second-order valence-corrected chi connectivity index (χ2v) is 6.30. The molecule has 1 amide bonds. The number of rotatable bonds is 4. The number of anilines is 1. The molecule has 9 heteroatoms. The Bertz CT molecular complexity index is 1090. The van der Waals surface area contributed by atoms with Crippen LogP contribution in [0.3, 0.4) is 0 Å². The van der Waals surface area contributed by atoms with Crippen LogP contribution < -0.4 is 5.32 Å². The molecule has 0 atom stereocenters. The number of hydrogen-bond acceptors (Lipinski definition) is 6. The van der Waals surface area contributed by atoms with Gasteiger partial charge in [0.1, 0.15) is 17.3 Å². The van der Waals surface area contributed by atoms with Gasteiger partial charge in [-0.25, -0.2) is 14.4 Å². The third-order valence-electron chi connectivity index (χ3n) is 3.76. The maximum Gasteiger partial charge on any atom is 0.275 e. The number of aromatic amines is 1. The maximum absolute atomic E-state index is 13.9. The highest BCUT2D eigenvalue weighted by Crippen LogP contribution is 2.26. The van der Waals surface area contributed by atoms with E-state index in [2.05, 4.69) is 25.5 Å². The highest BCUT2D eigenvalue weighted by Gasteiger charge is 2.13. The highest BCUT2D eigenvalue weighted by molar-refractivity contribution is 7.07. The molecule has 0 unspecified atom stereocenters. The summed E-state index contributed by atoms with van der Waals surface area (Å²) in [6.07, 6.45) is 0. The summed E-state index contributed by atoms with van der Waals surface area (Å²) in [7, 11) is 0. The van der Waals surface area contributed by atoms with Crippen LogP contribution in [0.25, 0.3) is 22.8 Å². The molecule has 2 aromatic heterocycles. The number of amides is 1. The molecule has 0 bridgehead atoms. The average Bonchev–Trinajstić information content (AvgIpc) is 3.36. The Labute approximate surface area is 156 Å². The molecular formula is C18H12FN5O2S. The van der Waals surface area contributed by atoms with Gasteiger partial charge in [0.25, 0.3) is 5.91 Å². The first-order chi connectivity index (χ1) is 13.1. The number of nitrogens with zero attached hydrogens (tertiary/aromatic N) is 3.